The van der Waals surface area contributed by atoms with E-state index in [-0.39, 0.29) is 5.97 Å². The molecule has 0 amide bonds. The van der Waals surface area contributed by atoms with E-state index in [1.807, 2.05) is 0 Å². The smallest absolute Gasteiger partial charge is 0.305 e. The van der Waals surface area contributed by atoms with Crippen molar-refractivity contribution in [3.63, 3.8) is 0 Å². The molecule has 0 aliphatic heterocycles. The average Bonchev–Trinajstić information content (AvgIpc) is 2.21. The highest BCUT2D eigenvalue weighted by molar-refractivity contribution is 5.68. The molecule has 0 atom stereocenters. The van der Waals surface area contributed by atoms with E-state index >= 15 is 0 Å². The second kappa shape index (κ2) is 9.97. The Labute approximate surface area is 93.6 Å². The molecular formula is C12H25NO2. The van der Waals surface area contributed by atoms with Crippen LogP contribution in [0.2, 0.25) is 0 Å². The molecule has 3 heteroatoms. The molecule has 15 heavy (non-hydrogen) atoms. The van der Waals surface area contributed by atoms with Crippen molar-refractivity contribution in [2.45, 2.75) is 46.0 Å². The topological polar surface area (TPSA) is 38.3 Å². The molecule has 1 N–H and O–H groups in total. The Morgan fingerprint density at radius 3 is 2.47 bits per heavy atom. The summed E-state index contributed by atoms with van der Waals surface area (Å²) in [7, 11) is 1.43. The number of carbonyl (C=O) groups is 1. The summed E-state index contributed by atoms with van der Waals surface area (Å²) in [5, 5.41) is 3.33. The molecule has 0 aromatic carbocycles. The van der Waals surface area contributed by atoms with Crippen LogP contribution in [0, 0.1) is 5.92 Å². The van der Waals surface area contributed by atoms with Gasteiger partial charge in [-0.15, -0.1) is 0 Å². The van der Waals surface area contributed by atoms with E-state index in [1.54, 1.807) is 0 Å². The molecule has 0 radical (unpaired) electrons. The fourth-order valence-corrected chi connectivity index (χ4v) is 1.39. The first-order valence-corrected chi connectivity index (χ1v) is 5.94. The van der Waals surface area contributed by atoms with Crippen molar-refractivity contribution in [1.82, 2.24) is 5.32 Å². The molecule has 0 saturated heterocycles. The molecule has 90 valence electrons. The van der Waals surface area contributed by atoms with Gasteiger partial charge in [0.05, 0.1) is 7.11 Å². The lowest BCUT2D eigenvalue weighted by atomic mass is 10.1. The number of hydrogen-bond donors (Lipinski definition) is 1. The maximum absolute atomic E-state index is 10.8. The number of nitrogens with one attached hydrogen (secondary N) is 1. The summed E-state index contributed by atoms with van der Waals surface area (Å²) in [5.41, 5.74) is 0. The number of carbonyl (C=O) groups excluding carboxylic acids is 1. The first-order chi connectivity index (χ1) is 7.16. The lowest BCUT2D eigenvalue weighted by molar-refractivity contribution is -0.140. The highest BCUT2D eigenvalue weighted by Gasteiger charge is 1.98. The van der Waals surface area contributed by atoms with Crippen LogP contribution in [-0.4, -0.2) is 26.2 Å². The molecule has 0 aliphatic carbocycles. The predicted octanol–water partition coefficient (Wildman–Crippen LogP) is 2.36. The lowest BCUT2D eigenvalue weighted by Gasteiger charge is -2.05. The number of ether oxygens (including phenoxy) is 1. The Morgan fingerprint density at radius 1 is 1.20 bits per heavy atom. The number of hydrogen-bond acceptors (Lipinski definition) is 3. The van der Waals surface area contributed by atoms with E-state index in [2.05, 4.69) is 23.9 Å². The first kappa shape index (κ1) is 14.4. The van der Waals surface area contributed by atoms with Gasteiger partial charge in [-0.05, 0) is 31.8 Å². The van der Waals surface area contributed by atoms with Gasteiger partial charge in [0.1, 0.15) is 0 Å². The summed E-state index contributed by atoms with van der Waals surface area (Å²) in [6.45, 7) is 6.48. The van der Waals surface area contributed by atoms with E-state index in [1.165, 1.54) is 26.4 Å². The van der Waals surface area contributed by atoms with Gasteiger partial charge in [0.2, 0.25) is 0 Å². The molecule has 0 aliphatic rings. The third-order valence-corrected chi connectivity index (χ3v) is 2.35. The van der Waals surface area contributed by atoms with Gasteiger partial charge in [0.25, 0.3) is 0 Å². The molecule has 0 heterocycles. The van der Waals surface area contributed by atoms with Gasteiger partial charge in [-0.2, -0.15) is 0 Å². The van der Waals surface area contributed by atoms with E-state index in [0.29, 0.717) is 6.42 Å². The Morgan fingerprint density at radius 2 is 1.87 bits per heavy atom. The standard InChI is InChI=1S/C12H25NO2/c1-11(2)7-4-5-9-13-10-6-8-12(14)15-3/h11,13H,4-10H2,1-3H3. The van der Waals surface area contributed by atoms with Gasteiger partial charge in [0.15, 0.2) is 0 Å². The molecule has 0 aromatic heterocycles. The summed E-state index contributed by atoms with van der Waals surface area (Å²) in [4.78, 5) is 10.8. The normalized spacial score (nSPS) is 10.7. The predicted molar refractivity (Wildman–Crippen MR) is 62.8 cm³/mol. The summed E-state index contributed by atoms with van der Waals surface area (Å²) in [5.74, 6) is 0.695. The Bertz CT molecular complexity index is 158. The monoisotopic (exact) mass is 215 g/mol. The average molecular weight is 215 g/mol. The van der Waals surface area contributed by atoms with E-state index in [4.69, 9.17) is 0 Å². The molecule has 0 saturated carbocycles. The maximum Gasteiger partial charge on any atom is 0.305 e. The lowest BCUT2D eigenvalue weighted by Crippen LogP contribution is -2.17. The summed E-state index contributed by atoms with van der Waals surface area (Å²) in [6, 6.07) is 0. The Kier molecular flexibility index (Phi) is 9.59. The molecule has 0 bridgehead atoms. The SMILES string of the molecule is COC(=O)CCCNCCCCC(C)C. The highest BCUT2D eigenvalue weighted by atomic mass is 16.5. The minimum Gasteiger partial charge on any atom is -0.469 e. The molecule has 0 fully saturated rings. The number of esters is 1. The zero-order valence-electron chi connectivity index (χ0n) is 10.3. The zero-order valence-corrected chi connectivity index (χ0v) is 10.3. The zero-order chi connectivity index (χ0) is 11.5. The van der Waals surface area contributed by atoms with Crippen molar-refractivity contribution in [3.8, 4) is 0 Å². The third kappa shape index (κ3) is 11.4. The second-order valence-corrected chi connectivity index (χ2v) is 4.32. The molecule has 0 aromatic rings. The summed E-state index contributed by atoms with van der Waals surface area (Å²) in [6.07, 6.45) is 5.23. The Hall–Kier alpha value is -0.570. The van der Waals surface area contributed by atoms with Crippen molar-refractivity contribution in [2.75, 3.05) is 20.2 Å². The number of methoxy groups -OCH3 is 1. The minimum absolute atomic E-state index is 0.114. The van der Waals surface area contributed by atoms with Crippen molar-refractivity contribution >= 4 is 5.97 Å². The fourth-order valence-electron chi connectivity index (χ4n) is 1.39. The minimum atomic E-state index is -0.114. The Balaban J connectivity index is 3.02. The van der Waals surface area contributed by atoms with Gasteiger partial charge < -0.3 is 10.1 Å². The van der Waals surface area contributed by atoms with Gasteiger partial charge in [-0.1, -0.05) is 26.7 Å². The van der Waals surface area contributed by atoms with Crippen molar-refractivity contribution in [1.29, 1.82) is 0 Å². The quantitative estimate of drug-likeness (QED) is 0.474. The van der Waals surface area contributed by atoms with Gasteiger partial charge in [0, 0.05) is 6.42 Å². The van der Waals surface area contributed by atoms with Crippen molar-refractivity contribution in [3.05, 3.63) is 0 Å². The van der Waals surface area contributed by atoms with Crippen molar-refractivity contribution < 1.29 is 9.53 Å². The maximum atomic E-state index is 10.8. The number of rotatable bonds is 9. The van der Waals surface area contributed by atoms with Crippen LogP contribution in [-0.2, 0) is 9.53 Å². The van der Waals surface area contributed by atoms with Crippen LogP contribution >= 0.6 is 0 Å². The van der Waals surface area contributed by atoms with Gasteiger partial charge >= 0.3 is 5.97 Å². The molecule has 0 unspecified atom stereocenters. The van der Waals surface area contributed by atoms with Crippen LogP contribution in [0.15, 0.2) is 0 Å². The molecular weight excluding hydrogens is 190 g/mol. The second-order valence-electron chi connectivity index (χ2n) is 4.32. The summed E-state index contributed by atoms with van der Waals surface area (Å²) < 4.78 is 4.55. The fraction of sp³-hybridized carbons (Fsp3) is 0.917. The van der Waals surface area contributed by atoms with E-state index in [0.717, 1.165) is 25.4 Å². The van der Waals surface area contributed by atoms with E-state index in [9.17, 15) is 4.79 Å². The summed E-state index contributed by atoms with van der Waals surface area (Å²) >= 11 is 0. The van der Waals surface area contributed by atoms with Crippen LogP contribution in [0.1, 0.15) is 46.0 Å². The van der Waals surface area contributed by atoms with Crippen LogP contribution in [0.25, 0.3) is 0 Å². The van der Waals surface area contributed by atoms with Crippen molar-refractivity contribution in [2.24, 2.45) is 5.92 Å². The van der Waals surface area contributed by atoms with Crippen LogP contribution in [0.5, 0.6) is 0 Å². The molecule has 0 rings (SSSR count). The van der Waals surface area contributed by atoms with Crippen LogP contribution < -0.4 is 5.32 Å². The highest BCUT2D eigenvalue weighted by Crippen LogP contribution is 2.04. The largest absolute Gasteiger partial charge is 0.469 e. The van der Waals surface area contributed by atoms with E-state index < -0.39 is 0 Å². The first-order valence-electron chi connectivity index (χ1n) is 5.94. The third-order valence-electron chi connectivity index (χ3n) is 2.35. The number of unbranched alkanes of at least 4 members (excludes halogenated alkanes) is 1. The van der Waals surface area contributed by atoms with Crippen LogP contribution in [0.4, 0.5) is 0 Å². The molecule has 0 spiro atoms. The van der Waals surface area contributed by atoms with Gasteiger partial charge in [-0.25, -0.2) is 0 Å². The molecule has 3 nitrogen and oxygen atoms in total. The van der Waals surface area contributed by atoms with Gasteiger partial charge in [-0.3, -0.25) is 4.79 Å². The van der Waals surface area contributed by atoms with Crippen LogP contribution in [0.3, 0.4) is 0 Å².